The van der Waals surface area contributed by atoms with Crippen molar-refractivity contribution in [2.75, 3.05) is 6.54 Å². The highest BCUT2D eigenvalue weighted by Gasteiger charge is 2.37. The summed E-state index contributed by atoms with van der Waals surface area (Å²) in [6.07, 6.45) is 1.84. The third-order valence-corrected chi connectivity index (χ3v) is 6.73. The van der Waals surface area contributed by atoms with Crippen LogP contribution in [-0.4, -0.2) is 41.4 Å². The molecule has 2 unspecified atom stereocenters. The number of rotatable bonds is 3. The van der Waals surface area contributed by atoms with Crippen LogP contribution in [0.25, 0.3) is 0 Å². The Kier molecular flexibility index (Phi) is 4.17. The van der Waals surface area contributed by atoms with Gasteiger partial charge in [0, 0.05) is 23.8 Å². The zero-order chi connectivity index (χ0) is 15.9. The van der Waals surface area contributed by atoms with Crippen LogP contribution in [0.1, 0.15) is 48.4 Å². The Bertz CT molecular complexity index is 663. The van der Waals surface area contributed by atoms with Crippen molar-refractivity contribution >= 4 is 16.0 Å². The Labute approximate surface area is 125 Å². The summed E-state index contributed by atoms with van der Waals surface area (Å²) in [5, 5.41) is 9.13. The molecule has 1 aromatic heterocycles. The third-order valence-electron chi connectivity index (χ3n) is 4.46. The van der Waals surface area contributed by atoms with Crippen LogP contribution in [0.4, 0.5) is 0 Å². The molecule has 2 atom stereocenters. The molecule has 2 rings (SSSR count). The fraction of sp³-hybridized carbons (Fsp3) is 0.643. The number of piperidine rings is 1. The number of H-pyrrole nitrogens is 1. The van der Waals surface area contributed by atoms with Crippen molar-refractivity contribution in [2.45, 2.75) is 51.5 Å². The molecule has 0 radical (unpaired) electrons. The van der Waals surface area contributed by atoms with Gasteiger partial charge in [0.05, 0.1) is 0 Å². The van der Waals surface area contributed by atoms with Crippen molar-refractivity contribution < 1.29 is 18.3 Å². The van der Waals surface area contributed by atoms with Gasteiger partial charge in [-0.05, 0) is 39.5 Å². The standard InChI is InChI=1S/C14H22N2O4S/c1-8-6-5-7-16(11(8)4)21(19,20)13-9(2)12(14(17)18)15-10(13)3/h8,11,15H,5-7H2,1-4H3,(H,17,18). The lowest BCUT2D eigenvalue weighted by molar-refractivity contribution is 0.0690. The quantitative estimate of drug-likeness (QED) is 0.894. The van der Waals surface area contributed by atoms with Gasteiger partial charge in [-0.15, -0.1) is 0 Å². The molecule has 6 nitrogen and oxygen atoms in total. The van der Waals surface area contributed by atoms with E-state index < -0.39 is 16.0 Å². The van der Waals surface area contributed by atoms with Crippen LogP contribution < -0.4 is 0 Å². The number of hydrogen-bond donors (Lipinski definition) is 2. The van der Waals surface area contributed by atoms with Gasteiger partial charge in [0.2, 0.25) is 10.0 Å². The van der Waals surface area contributed by atoms with Gasteiger partial charge in [-0.25, -0.2) is 13.2 Å². The summed E-state index contributed by atoms with van der Waals surface area (Å²) >= 11 is 0. The zero-order valence-corrected chi connectivity index (χ0v) is 13.6. The molecular weight excluding hydrogens is 292 g/mol. The Balaban J connectivity index is 2.52. The van der Waals surface area contributed by atoms with Gasteiger partial charge in [-0.1, -0.05) is 6.92 Å². The fourth-order valence-electron chi connectivity index (χ4n) is 3.09. The number of carboxylic acids is 1. The van der Waals surface area contributed by atoms with Crippen molar-refractivity contribution in [1.29, 1.82) is 0 Å². The van der Waals surface area contributed by atoms with Gasteiger partial charge >= 0.3 is 5.97 Å². The van der Waals surface area contributed by atoms with Crippen molar-refractivity contribution in [3.63, 3.8) is 0 Å². The molecule has 0 aliphatic carbocycles. The average molecular weight is 314 g/mol. The molecule has 0 bridgehead atoms. The summed E-state index contributed by atoms with van der Waals surface area (Å²) in [5.41, 5.74) is 0.615. The molecule has 21 heavy (non-hydrogen) atoms. The number of sulfonamides is 1. The van der Waals surface area contributed by atoms with Crippen LogP contribution in [0.5, 0.6) is 0 Å². The molecule has 0 spiro atoms. The lowest BCUT2D eigenvalue weighted by atomic mass is 9.94. The van der Waals surface area contributed by atoms with Crippen molar-refractivity contribution in [3.8, 4) is 0 Å². The minimum atomic E-state index is -3.68. The number of nitrogens with zero attached hydrogens (tertiary/aromatic N) is 1. The minimum Gasteiger partial charge on any atom is -0.477 e. The Morgan fingerprint density at radius 3 is 2.48 bits per heavy atom. The van der Waals surface area contributed by atoms with Crippen molar-refractivity contribution in [2.24, 2.45) is 5.92 Å². The smallest absolute Gasteiger partial charge is 0.352 e. The molecule has 2 heterocycles. The van der Waals surface area contributed by atoms with Crippen LogP contribution in [-0.2, 0) is 10.0 Å². The van der Waals surface area contributed by atoms with Gasteiger partial charge < -0.3 is 10.1 Å². The first kappa shape index (κ1) is 16.0. The number of carboxylic acid groups (broad SMARTS) is 1. The summed E-state index contributed by atoms with van der Waals surface area (Å²) in [4.78, 5) is 14.0. The summed E-state index contributed by atoms with van der Waals surface area (Å²) < 4.78 is 27.4. The van der Waals surface area contributed by atoms with Crippen LogP contribution in [0.15, 0.2) is 4.90 Å². The Morgan fingerprint density at radius 1 is 1.33 bits per heavy atom. The van der Waals surface area contributed by atoms with E-state index in [1.807, 2.05) is 13.8 Å². The largest absolute Gasteiger partial charge is 0.477 e. The second-order valence-corrected chi connectivity index (χ2v) is 7.69. The van der Waals surface area contributed by atoms with Crippen LogP contribution in [0, 0.1) is 19.8 Å². The van der Waals surface area contributed by atoms with E-state index in [1.54, 1.807) is 6.92 Å². The summed E-state index contributed by atoms with van der Waals surface area (Å²) in [5.74, 6) is -0.843. The molecule has 0 saturated carbocycles. The predicted octanol–water partition coefficient (Wildman–Crippen LogP) is 2.14. The molecule has 0 amide bonds. The number of aromatic nitrogens is 1. The lowest BCUT2D eigenvalue weighted by Crippen LogP contribution is -2.46. The lowest BCUT2D eigenvalue weighted by Gasteiger charge is -2.36. The van der Waals surface area contributed by atoms with Crippen molar-refractivity contribution in [3.05, 3.63) is 17.0 Å². The summed E-state index contributed by atoms with van der Waals surface area (Å²) in [7, 11) is -3.68. The highest BCUT2D eigenvalue weighted by atomic mass is 32.2. The molecule has 118 valence electrons. The molecule has 2 N–H and O–H groups in total. The Hall–Kier alpha value is -1.34. The van der Waals surface area contributed by atoms with E-state index >= 15 is 0 Å². The first-order valence-corrected chi connectivity index (χ1v) is 8.56. The topological polar surface area (TPSA) is 90.5 Å². The normalized spacial score (nSPS) is 24.2. The number of aryl methyl sites for hydroxylation is 1. The van der Waals surface area contributed by atoms with E-state index in [1.165, 1.54) is 11.2 Å². The maximum absolute atomic E-state index is 12.9. The van der Waals surface area contributed by atoms with E-state index in [-0.39, 0.29) is 22.2 Å². The highest BCUT2D eigenvalue weighted by molar-refractivity contribution is 7.89. The van der Waals surface area contributed by atoms with E-state index in [9.17, 15) is 13.2 Å². The summed E-state index contributed by atoms with van der Waals surface area (Å²) in [6, 6.07) is -0.0780. The SMILES string of the molecule is Cc1[nH]c(C(=O)O)c(C)c1S(=O)(=O)N1CCCC(C)C1C. The molecule has 1 fully saturated rings. The first-order valence-electron chi connectivity index (χ1n) is 7.12. The van der Waals surface area contributed by atoms with Crippen LogP contribution in [0.2, 0.25) is 0 Å². The van der Waals surface area contributed by atoms with E-state index in [0.29, 0.717) is 18.2 Å². The third kappa shape index (κ3) is 2.60. The predicted molar refractivity (Wildman–Crippen MR) is 79.0 cm³/mol. The second kappa shape index (κ2) is 5.46. The zero-order valence-electron chi connectivity index (χ0n) is 12.8. The van der Waals surface area contributed by atoms with E-state index in [2.05, 4.69) is 4.98 Å². The molecule has 1 saturated heterocycles. The summed E-state index contributed by atoms with van der Waals surface area (Å²) in [6.45, 7) is 7.59. The number of carbonyl (C=O) groups is 1. The molecule has 7 heteroatoms. The van der Waals surface area contributed by atoms with Gasteiger partial charge in [0.1, 0.15) is 10.6 Å². The van der Waals surface area contributed by atoms with E-state index in [4.69, 9.17) is 5.11 Å². The average Bonchev–Trinajstić information content (AvgIpc) is 2.68. The minimum absolute atomic E-state index is 0.0521. The van der Waals surface area contributed by atoms with Gasteiger partial charge in [0.25, 0.3) is 0 Å². The van der Waals surface area contributed by atoms with Gasteiger partial charge in [0.15, 0.2) is 0 Å². The number of aromatic carboxylic acids is 1. The number of hydrogen-bond acceptors (Lipinski definition) is 3. The van der Waals surface area contributed by atoms with Gasteiger partial charge in [-0.3, -0.25) is 0 Å². The second-order valence-electron chi connectivity index (χ2n) is 5.86. The fourth-order valence-corrected chi connectivity index (χ4v) is 5.26. The first-order chi connectivity index (χ1) is 9.67. The highest BCUT2D eigenvalue weighted by Crippen LogP contribution is 2.32. The molecule has 0 aromatic carbocycles. The van der Waals surface area contributed by atoms with Gasteiger partial charge in [-0.2, -0.15) is 4.31 Å². The number of aromatic amines is 1. The molecule has 1 aliphatic rings. The maximum Gasteiger partial charge on any atom is 0.352 e. The van der Waals surface area contributed by atoms with Crippen LogP contribution >= 0.6 is 0 Å². The van der Waals surface area contributed by atoms with E-state index in [0.717, 1.165) is 12.8 Å². The molecule has 1 aromatic rings. The maximum atomic E-state index is 12.9. The Morgan fingerprint density at radius 2 is 1.95 bits per heavy atom. The monoisotopic (exact) mass is 314 g/mol. The number of nitrogens with one attached hydrogen (secondary N) is 1. The molecule has 1 aliphatic heterocycles. The van der Waals surface area contributed by atoms with Crippen molar-refractivity contribution in [1.82, 2.24) is 9.29 Å². The molecular formula is C14H22N2O4S. The van der Waals surface area contributed by atoms with Crippen LogP contribution in [0.3, 0.4) is 0 Å².